The standard InChI is InChI=1S/C14H14BrNOS2/c1-10-6-8-19-13(10)14(17)16-7-9-18-12-4-2-11(15)3-5-12/h2-6,8H,7,9H2,1H3,(H,16,17). The molecule has 0 spiro atoms. The number of thioether (sulfide) groups is 1. The Hall–Kier alpha value is -0.780. The zero-order valence-electron chi connectivity index (χ0n) is 10.5. The summed E-state index contributed by atoms with van der Waals surface area (Å²) in [6, 6.07) is 10.2. The zero-order valence-corrected chi connectivity index (χ0v) is 13.7. The molecule has 0 saturated heterocycles. The summed E-state index contributed by atoms with van der Waals surface area (Å²) in [5.41, 5.74) is 1.04. The minimum absolute atomic E-state index is 0.0314. The lowest BCUT2D eigenvalue weighted by Crippen LogP contribution is -2.25. The van der Waals surface area contributed by atoms with Crippen molar-refractivity contribution in [1.82, 2.24) is 5.32 Å². The Balaban J connectivity index is 1.74. The van der Waals surface area contributed by atoms with Gasteiger partial charge < -0.3 is 5.32 Å². The number of rotatable bonds is 5. The van der Waals surface area contributed by atoms with Crippen molar-refractivity contribution in [2.75, 3.05) is 12.3 Å². The third-order valence-corrected chi connectivity index (χ3v) is 5.10. The van der Waals surface area contributed by atoms with Crippen LogP contribution in [0.2, 0.25) is 0 Å². The summed E-state index contributed by atoms with van der Waals surface area (Å²) in [6.07, 6.45) is 0. The molecule has 1 aromatic heterocycles. The van der Waals surface area contributed by atoms with Crippen molar-refractivity contribution in [3.05, 3.63) is 50.6 Å². The molecule has 2 rings (SSSR count). The van der Waals surface area contributed by atoms with Gasteiger partial charge in [0.25, 0.3) is 5.91 Å². The average molecular weight is 356 g/mol. The molecule has 5 heteroatoms. The number of benzene rings is 1. The normalized spacial score (nSPS) is 10.4. The predicted molar refractivity (Wildman–Crippen MR) is 86.3 cm³/mol. The molecule has 1 amide bonds. The van der Waals surface area contributed by atoms with Gasteiger partial charge in [-0.1, -0.05) is 15.9 Å². The van der Waals surface area contributed by atoms with Gasteiger partial charge in [-0.2, -0.15) is 0 Å². The van der Waals surface area contributed by atoms with Gasteiger partial charge in [-0.15, -0.1) is 23.1 Å². The molecule has 1 heterocycles. The van der Waals surface area contributed by atoms with Crippen LogP contribution >= 0.6 is 39.0 Å². The van der Waals surface area contributed by atoms with E-state index in [-0.39, 0.29) is 5.91 Å². The second kappa shape index (κ2) is 7.12. The second-order valence-corrected chi connectivity index (χ2v) is 6.99. The molecule has 1 N–H and O–H groups in total. The van der Waals surface area contributed by atoms with E-state index < -0.39 is 0 Å². The fourth-order valence-electron chi connectivity index (χ4n) is 1.55. The molecule has 0 aliphatic heterocycles. The number of amides is 1. The van der Waals surface area contributed by atoms with Gasteiger partial charge in [-0.3, -0.25) is 4.79 Å². The van der Waals surface area contributed by atoms with Gasteiger partial charge in [0.05, 0.1) is 4.88 Å². The summed E-state index contributed by atoms with van der Waals surface area (Å²) < 4.78 is 1.08. The van der Waals surface area contributed by atoms with Crippen molar-refractivity contribution in [3.8, 4) is 0 Å². The van der Waals surface area contributed by atoms with Gasteiger partial charge in [0, 0.05) is 21.7 Å². The maximum absolute atomic E-state index is 11.9. The van der Waals surface area contributed by atoms with Crippen LogP contribution < -0.4 is 5.32 Å². The van der Waals surface area contributed by atoms with E-state index in [2.05, 4.69) is 33.4 Å². The highest BCUT2D eigenvalue weighted by molar-refractivity contribution is 9.10. The molecule has 2 aromatic rings. The molecule has 19 heavy (non-hydrogen) atoms. The van der Waals surface area contributed by atoms with Crippen molar-refractivity contribution < 1.29 is 4.79 Å². The lowest BCUT2D eigenvalue weighted by Gasteiger charge is -2.05. The summed E-state index contributed by atoms with van der Waals surface area (Å²) in [5.74, 6) is 0.904. The number of carbonyl (C=O) groups is 1. The van der Waals surface area contributed by atoms with Crippen LogP contribution in [0, 0.1) is 6.92 Å². The highest BCUT2D eigenvalue weighted by Gasteiger charge is 2.09. The van der Waals surface area contributed by atoms with E-state index in [0.717, 1.165) is 20.7 Å². The van der Waals surface area contributed by atoms with Gasteiger partial charge in [0.1, 0.15) is 0 Å². The highest BCUT2D eigenvalue weighted by atomic mass is 79.9. The van der Waals surface area contributed by atoms with Gasteiger partial charge >= 0.3 is 0 Å². The van der Waals surface area contributed by atoms with Gasteiger partial charge in [-0.05, 0) is 48.2 Å². The van der Waals surface area contributed by atoms with Crippen LogP contribution in [0.15, 0.2) is 45.1 Å². The van der Waals surface area contributed by atoms with Gasteiger partial charge in [-0.25, -0.2) is 0 Å². The lowest BCUT2D eigenvalue weighted by molar-refractivity contribution is 0.0959. The SMILES string of the molecule is Cc1ccsc1C(=O)NCCSc1ccc(Br)cc1. The molecular weight excluding hydrogens is 342 g/mol. The molecule has 100 valence electrons. The first kappa shape index (κ1) is 14.6. The molecule has 1 aromatic carbocycles. The minimum atomic E-state index is 0.0314. The molecule has 0 radical (unpaired) electrons. The molecular formula is C14H14BrNOS2. The highest BCUT2D eigenvalue weighted by Crippen LogP contribution is 2.20. The van der Waals surface area contributed by atoms with Crippen molar-refractivity contribution in [3.63, 3.8) is 0 Å². The third kappa shape index (κ3) is 4.37. The van der Waals surface area contributed by atoms with Crippen LogP contribution in [0.5, 0.6) is 0 Å². The molecule has 0 atom stereocenters. The lowest BCUT2D eigenvalue weighted by atomic mass is 10.3. The number of thiophene rings is 1. The molecule has 0 saturated carbocycles. The molecule has 0 aliphatic rings. The fourth-order valence-corrected chi connectivity index (χ4v) is 3.42. The Kier molecular flexibility index (Phi) is 5.48. The van der Waals surface area contributed by atoms with E-state index in [0.29, 0.717) is 6.54 Å². The summed E-state index contributed by atoms with van der Waals surface area (Å²) in [7, 11) is 0. The minimum Gasteiger partial charge on any atom is -0.350 e. The van der Waals surface area contributed by atoms with Gasteiger partial charge in [0.2, 0.25) is 0 Å². The van der Waals surface area contributed by atoms with Crippen LogP contribution in [0.4, 0.5) is 0 Å². The van der Waals surface area contributed by atoms with Gasteiger partial charge in [0.15, 0.2) is 0 Å². The summed E-state index contributed by atoms with van der Waals surface area (Å²) in [6.45, 7) is 2.64. The van der Waals surface area contributed by atoms with Crippen LogP contribution in [-0.4, -0.2) is 18.2 Å². The molecule has 0 unspecified atom stereocenters. The Morgan fingerprint density at radius 3 is 2.68 bits per heavy atom. The maximum Gasteiger partial charge on any atom is 0.261 e. The van der Waals surface area contributed by atoms with Crippen molar-refractivity contribution in [2.24, 2.45) is 0 Å². The largest absolute Gasteiger partial charge is 0.350 e. The Bertz CT molecular complexity index is 551. The number of hydrogen-bond donors (Lipinski definition) is 1. The monoisotopic (exact) mass is 355 g/mol. The van der Waals surface area contributed by atoms with Crippen molar-refractivity contribution in [2.45, 2.75) is 11.8 Å². The molecule has 2 nitrogen and oxygen atoms in total. The fraction of sp³-hybridized carbons (Fsp3) is 0.214. The number of halogens is 1. The number of carbonyl (C=O) groups excluding carboxylic acids is 1. The van der Waals surface area contributed by atoms with E-state index >= 15 is 0 Å². The predicted octanol–water partition coefficient (Wildman–Crippen LogP) is 4.34. The Morgan fingerprint density at radius 1 is 1.32 bits per heavy atom. The summed E-state index contributed by atoms with van der Waals surface area (Å²) >= 11 is 6.64. The van der Waals surface area contributed by atoms with Crippen LogP contribution in [0.25, 0.3) is 0 Å². The quantitative estimate of drug-likeness (QED) is 0.638. The van der Waals surface area contributed by atoms with E-state index in [1.54, 1.807) is 11.8 Å². The molecule has 0 fully saturated rings. The Morgan fingerprint density at radius 2 is 2.05 bits per heavy atom. The van der Waals surface area contributed by atoms with Crippen LogP contribution in [0.1, 0.15) is 15.2 Å². The molecule has 0 bridgehead atoms. The van der Waals surface area contributed by atoms with Crippen LogP contribution in [-0.2, 0) is 0 Å². The Labute approximate surface area is 129 Å². The molecule has 0 aliphatic carbocycles. The van der Waals surface area contributed by atoms with Crippen molar-refractivity contribution >= 4 is 44.9 Å². The summed E-state index contributed by atoms with van der Waals surface area (Å²) in [4.78, 5) is 13.9. The first-order valence-corrected chi connectivity index (χ1v) is 8.53. The van der Waals surface area contributed by atoms with E-state index in [1.165, 1.54) is 16.2 Å². The first-order chi connectivity index (χ1) is 9.16. The summed E-state index contributed by atoms with van der Waals surface area (Å²) in [5, 5.41) is 4.89. The average Bonchev–Trinajstić information content (AvgIpc) is 2.83. The van der Waals surface area contributed by atoms with E-state index in [1.807, 2.05) is 30.5 Å². The number of aryl methyl sites for hydroxylation is 1. The van der Waals surface area contributed by atoms with E-state index in [9.17, 15) is 4.79 Å². The zero-order chi connectivity index (χ0) is 13.7. The number of nitrogens with one attached hydrogen (secondary N) is 1. The topological polar surface area (TPSA) is 29.1 Å². The first-order valence-electron chi connectivity index (χ1n) is 5.87. The number of hydrogen-bond acceptors (Lipinski definition) is 3. The second-order valence-electron chi connectivity index (χ2n) is 3.99. The van der Waals surface area contributed by atoms with Crippen LogP contribution in [0.3, 0.4) is 0 Å². The maximum atomic E-state index is 11.9. The van der Waals surface area contributed by atoms with E-state index in [4.69, 9.17) is 0 Å². The third-order valence-electron chi connectivity index (χ3n) is 2.54. The van der Waals surface area contributed by atoms with Crippen molar-refractivity contribution in [1.29, 1.82) is 0 Å². The smallest absolute Gasteiger partial charge is 0.261 e.